The van der Waals surface area contributed by atoms with E-state index in [4.69, 9.17) is 9.47 Å². The molecular weight excluding hydrogens is 340 g/mol. The summed E-state index contributed by atoms with van der Waals surface area (Å²) in [7, 11) is 3.18. The molecule has 0 radical (unpaired) electrons. The summed E-state index contributed by atoms with van der Waals surface area (Å²) in [4.78, 5) is 12.5. The molecule has 146 valence electrons. The Morgan fingerprint density at radius 2 is 1.78 bits per heavy atom. The second-order valence-corrected chi connectivity index (χ2v) is 6.92. The number of carbonyl (C=O) groups excluding carboxylic acids is 1. The van der Waals surface area contributed by atoms with Crippen molar-refractivity contribution in [1.29, 1.82) is 0 Å². The van der Waals surface area contributed by atoms with Gasteiger partial charge in [-0.1, -0.05) is 45.0 Å². The molecule has 0 unspecified atom stereocenters. The van der Waals surface area contributed by atoms with Crippen molar-refractivity contribution < 1.29 is 19.6 Å². The van der Waals surface area contributed by atoms with Crippen LogP contribution in [0.4, 0.5) is 5.69 Å². The van der Waals surface area contributed by atoms with Crippen LogP contribution in [-0.2, 0) is 11.2 Å². The van der Waals surface area contributed by atoms with E-state index in [9.17, 15) is 4.79 Å². The Bertz CT molecular complexity index is 742. The summed E-state index contributed by atoms with van der Waals surface area (Å²) in [6, 6.07) is 14.2. The van der Waals surface area contributed by atoms with Crippen LogP contribution in [0.5, 0.6) is 11.5 Å². The number of nitrogens with two attached hydrogens (primary N) is 1. The van der Waals surface area contributed by atoms with Gasteiger partial charge in [-0.3, -0.25) is 4.79 Å². The van der Waals surface area contributed by atoms with Gasteiger partial charge in [-0.15, -0.1) is 0 Å². The average Bonchev–Trinajstić information content (AvgIpc) is 2.68. The molecule has 5 nitrogen and oxygen atoms in total. The van der Waals surface area contributed by atoms with Gasteiger partial charge in [0, 0.05) is 17.5 Å². The highest BCUT2D eigenvalue weighted by Gasteiger charge is 2.21. The van der Waals surface area contributed by atoms with Crippen molar-refractivity contribution in [3.8, 4) is 11.5 Å². The van der Waals surface area contributed by atoms with Crippen LogP contribution in [0.25, 0.3) is 0 Å². The Hall–Kier alpha value is -2.53. The fourth-order valence-electron chi connectivity index (χ4n) is 3.12. The number of quaternary nitrogens is 1. The fourth-order valence-corrected chi connectivity index (χ4v) is 3.12. The largest absolute Gasteiger partial charge is 0.497 e. The van der Waals surface area contributed by atoms with Crippen molar-refractivity contribution in [1.82, 2.24) is 0 Å². The van der Waals surface area contributed by atoms with Crippen LogP contribution < -0.4 is 20.1 Å². The quantitative estimate of drug-likeness (QED) is 0.712. The summed E-state index contributed by atoms with van der Waals surface area (Å²) in [5.74, 6) is 1.62. The van der Waals surface area contributed by atoms with Crippen LogP contribution >= 0.6 is 0 Å². The summed E-state index contributed by atoms with van der Waals surface area (Å²) in [6.45, 7) is 6.84. The van der Waals surface area contributed by atoms with E-state index in [2.05, 4.69) is 55.7 Å². The summed E-state index contributed by atoms with van der Waals surface area (Å²) < 4.78 is 10.5. The third kappa shape index (κ3) is 5.73. The molecule has 2 rings (SSSR count). The third-order valence-corrected chi connectivity index (χ3v) is 4.73. The van der Waals surface area contributed by atoms with E-state index in [1.54, 1.807) is 32.4 Å². The van der Waals surface area contributed by atoms with E-state index < -0.39 is 0 Å². The van der Waals surface area contributed by atoms with Crippen LogP contribution in [0.15, 0.2) is 42.5 Å². The molecule has 1 amide bonds. The summed E-state index contributed by atoms with van der Waals surface area (Å²) in [5.41, 5.74) is 3.18. The Labute approximate surface area is 162 Å². The molecule has 0 aliphatic carbocycles. The van der Waals surface area contributed by atoms with Crippen molar-refractivity contribution in [3.05, 3.63) is 53.6 Å². The molecule has 0 aliphatic rings. The molecule has 3 N–H and O–H groups in total. The highest BCUT2D eigenvalue weighted by Crippen LogP contribution is 2.28. The number of nitrogens with one attached hydrogen (secondary N) is 1. The monoisotopic (exact) mass is 371 g/mol. The van der Waals surface area contributed by atoms with Gasteiger partial charge in [-0.05, 0) is 24.1 Å². The molecule has 0 bridgehead atoms. The molecule has 0 aliphatic heterocycles. The number of rotatable bonds is 9. The Morgan fingerprint density at radius 3 is 2.33 bits per heavy atom. The van der Waals surface area contributed by atoms with Gasteiger partial charge in [-0.25, -0.2) is 0 Å². The van der Waals surface area contributed by atoms with Gasteiger partial charge in [0.2, 0.25) is 0 Å². The molecular formula is C22H31N2O3+. The second kappa shape index (κ2) is 9.97. The van der Waals surface area contributed by atoms with Crippen molar-refractivity contribution >= 4 is 11.6 Å². The molecule has 0 fully saturated rings. The second-order valence-electron chi connectivity index (χ2n) is 6.92. The van der Waals surface area contributed by atoms with Crippen LogP contribution in [0.2, 0.25) is 0 Å². The average molecular weight is 372 g/mol. The topological polar surface area (TPSA) is 64.2 Å². The minimum Gasteiger partial charge on any atom is -0.497 e. The van der Waals surface area contributed by atoms with Crippen molar-refractivity contribution in [2.24, 2.45) is 5.92 Å². The lowest BCUT2D eigenvalue weighted by atomic mass is 9.95. The molecule has 0 aromatic heterocycles. The molecule has 5 heteroatoms. The maximum Gasteiger partial charge on any atom is 0.279 e. The zero-order chi connectivity index (χ0) is 19.8. The first kappa shape index (κ1) is 20.8. The smallest absolute Gasteiger partial charge is 0.279 e. The number of anilines is 1. The van der Waals surface area contributed by atoms with Crippen molar-refractivity contribution in [2.75, 3.05) is 26.1 Å². The molecule has 0 saturated heterocycles. The molecule has 0 heterocycles. The first-order valence-electron chi connectivity index (χ1n) is 9.42. The van der Waals surface area contributed by atoms with Crippen LogP contribution in [0.3, 0.4) is 0 Å². The molecule has 2 aromatic carbocycles. The van der Waals surface area contributed by atoms with Gasteiger partial charge >= 0.3 is 0 Å². The predicted octanol–water partition coefficient (Wildman–Crippen LogP) is 3.17. The molecule has 0 spiro atoms. The van der Waals surface area contributed by atoms with E-state index in [-0.39, 0.29) is 11.9 Å². The van der Waals surface area contributed by atoms with Gasteiger partial charge in [0.05, 0.1) is 19.9 Å². The maximum absolute atomic E-state index is 12.5. The molecule has 27 heavy (non-hydrogen) atoms. The minimum absolute atomic E-state index is 0.0719. The molecule has 2 aromatic rings. The lowest BCUT2D eigenvalue weighted by Crippen LogP contribution is -2.88. The summed E-state index contributed by atoms with van der Waals surface area (Å²) in [5, 5.41) is 5.02. The van der Waals surface area contributed by atoms with E-state index in [0.717, 1.165) is 6.42 Å². The van der Waals surface area contributed by atoms with Crippen LogP contribution in [0, 0.1) is 5.92 Å². The lowest BCUT2D eigenvalue weighted by molar-refractivity contribution is -0.692. The Balaban J connectivity index is 2.03. The number of hydrogen-bond acceptors (Lipinski definition) is 3. The van der Waals surface area contributed by atoms with E-state index >= 15 is 0 Å². The number of carbonyl (C=O) groups is 1. The summed E-state index contributed by atoms with van der Waals surface area (Å²) >= 11 is 0. The normalized spacial score (nSPS) is 11.9. The first-order chi connectivity index (χ1) is 13.0. The standard InChI is InChI=1S/C22H30N2O3/c1-6-16-7-9-17(10-8-16)22(15(2)3)23-14-21(25)24-19-13-18(26-4)11-12-20(19)27-5/h7-13,15,22-23H,6,14H2,1-5H3,(H,24,25)/p+1/t22-/m0/s1. The zero-order valence-corrected chi connectivity index (χ0v) is 16.9. The van der Waals surface area contributed by atoms with E-state index in [1.807, 2.05) is 0 Å². The van der Waals surface area contributed by atoms with E-state index in [1.165, 1.54) is 11.1 Å². The van der Waals surface area contributed by atoms with Crippen molar-refractivity contribution in [2.45, 2.75) is 33.2 Å². The first-order valence-corrected chi connectivity index (χ1v) is 9.42. The molecule has 0 saturated carbocycles. The number of methoxy groups -OCH3 is 2. The highest BCUT2D eigenvalue weighted by molar-refractivity contribution is 5.93. The summed E-state index contributed by atoms with van der Waals surface area (Å²) in [6.07, 6.45) is 1.03. The Morgan fingerprint density at radius 1 is 1.07 bits per heavy atom. The van der Waals surface area contributed by atoms with Gasteiger partial charge in [0.1, 0.15) is 17.5 Å². The van der Waals surface area contributed by atoms with Gasteiger partial charge in [0.15, 0.2) is 6.54 Å². The van der Waals surface area contributed by atoms with Crippen LogP contribution in [-0.4, -0.2) is 26.7 Å². The number of ether oxygens (including phenoxy) is 2. The SMILES string of the molecule is CCc1ccc([C@@H]([NH2+]CC(=O)Nc2cc(OC)ccc2OC)C(C)C)cc1. The third-order valence-electron chi connectivity index (χ3n) is 4.73. The van der Waals surface area contributed by atoms with Crippen molar-refractivity contribution in [3.63, 3.8) is 0 Å². The van der Waals surface area contributed by atoms with Gasteiger partial charge < -0.3 is 20.1 Å². The zero-order valence-electron chi connectivity index (χ0n) is 16.9. The minimum atomic E-state index is -0.0719. The highest BCUT2D eigenvalue weighted by atomic mass is 16.5. The Kier molecular flexibility index (Phi) is 7.67. The molecule has 1 atom stereocenters. The van der Waals surface area contributed by atoms with Gasteiger partial charge in [0.25, 0.3) is 5.91 Å². The number of amides is 1. The maximum atomic E-state index is 12.5. The fraction of sp³-hybridized carbons (Fsp3) is 0.409. The predicted molar refractivity (Wildman–Crippen MR) is 108 cm³/mol. The lowest BCUT2D eigenvalue weighted by Gasteiger charge is -2.20. The number of hydrogen-bond donors (Lipinski definition) is 2. The van der Waals surface area contributed by atoms with Gasteiger partial charge in [-0.2, -0.15) is 0 Å². The van der Waals surface area contributed by atoms with Crippen LogP contribution in [0.1, 0.15) is 37.9 Å². The van der Waals surface area contributed by atoms with E-state index in [0.29, 0.717) is 29.6 Å². The number of benzene rings is 2. The number of aryl methyl sites for hydroxylation is 1.